The molecule has 0 spiro atoms. The summed E-state index contributed by atoms with van der Waals surface area (Å²) in [5, 5.41) is 8.94. The molecule has 0 fully saturated rings. The van der Waals surface area contributed by atoms with E-state index in [0.717, 1.165) is 22.7 Å². The number of nitrogens with zero attached hydrogens (tertiary/aromatic N) is 5. The zero-order valence-corrected chi connectivity index (χ0v) is 17.6. The number of benzene rings is 2. The van der Waals surface area contributed by atoms with Gasteiger partial charge in [0, 0.05) is 11.6 Å². The highest BCUT2D eigenvalue weighted by Crippen LogP contribution is 2.28. The molecule has 0 aliphatic rings. The number of rotatable bonds is 8. The minimum atomic E-state index is 0.495. The van der Waals surface area contributed by atoms with Crippen molar-refractivity contribution in [3.8, 4) is 17.2 Å². The number of ether oxygens (including phenoxy) is 2. The molecule has 28 heavy (non-hydrogen) atoms. The van der Waals surface area contributed by atoms with E-state index in [4.69, 9.17) is 33.3 Å². The third-order valence-corrected chi connectivity index (χ3v) is 4.67. The molecule has 1 aromatic heterocycles. The van der Waals surface area contributed by atoms with Crippen LogP contribution in [0.15, 0.2) is 42.5 Å². The van der Waals surface area contributed by atoms with Gasteiger partial charge < -0.3 is 9.47 Å². The van der Waals surface area contributed by atoms with E-state index in [9.17, 15) is 0 Å². The van der Waals surface area contributed by atoms with Gasteiger partial charge in [0.25, 0.3) is 0 Å². The summed E-state index contributed by atoms with van der Waals surface area (Å²) in [5.41, 5.74) is 1.87. The zero-order valence-electron chi connectivity index (χ0n) is 16.0. The fourth-order valence-corrected chi connectivity index (χ4v) is 3.23. The van der Waals surface area contributed by atoms with Crippen LogP contribution in [0.1, 0.15) is 12.5 Å². The molecular formula is C19H22ClN5O2S. The highest BCUT2D eigenvalue weighted by molar-refractivity contribution is 7.71. The van der Waals surface area contributed by atoms with Gasteiger partial charge in [-0.15, -0.1) is 0 Å². The predicted molar refractivity (Wildman–Crippen MR) is 111 cm³/mol. The maximum absolute atomic E-state index is 6.05. The minimum absolute atomic E-state index is 0.495. The fourth-order valence-electron chi connectivity index (χ4n) is 2.81. The lowest BCUT2D eigenvalue weighted by Gasteiger charge is -2.17. The van der Waals surface area contributed by atoms with E-state index in [0.29, 0.717) is 29.6 Å². The van der Waals surface area contributed by atoms with Crippen LogP contribution < -0.4 is 9.47 Å². The highest BCUT2D eigenvalue weighted by Gasteiger charge is 2.11. The van der Waals surface area contributed by atoms with Crippen molar-refractivity contribution in [1.29, 1.82) is 0 Å². The first kappa shape index (κ1) is 20.3. The SMILES string of the molecule is CCOc1ccc(CN(C)Cn2nnn(-c3cccc(Cl)c3)c2=S)cc1OC. The lowest BCUT2D eigenvalue weighted by atomic mass is 10.2. The Morgan fingerprint density at radius 3 is 2.68 bits per heavy atom. The molecule has 0 bridgehead atoms. The van der Waals surface area contributed by atoms with Crippen LogP contribution in [0.25, 0.3) is 5.69 Å². The van der Waals surface area contributed by atoms with Crippen molar-refractivity contribution in [1.82, 2.24) is 24.7 Å². The second kappa shape index (κ2) is 9.18. The van der Waals surface area contributed by atoms with Gasteiger partial charge in [-0.25, -0.2) is 4.68 Å². The van der Waals surface area contributed by atoms with Crippen LogP contribution in [0.3, 0.4) is 0 Å². The van der Waals surface area contributed by atoms with Crippen LogP contribution in [0.2, 0.25) is 5.02 Å². The van der Waals surface area contributed by atoms with Gasteiger partial charge in [0.15, 0.2) is 11.5 Å². The number of aromatic nitrogens is 4. The molecule has 0 saturated heterocycles. The Hall–Kier alpha value is -2.42. The molecule has 7 nitrogen and oxygen atoms in total. The van der Waals surface area contributed by atoms with Gasteiger partial charge >= 0.3 is 0 Å². The van der Waals surface area contributed by atoms with E-state index in [1.807, 2.05) is 44.3 Å². The first-order chi connectivity index (χ1) is 13.5. The van der Waals surface area contributed by atoms with Crippen molar-refractivity contribution in [2.24, 2.45) is 0 Å². The van der Waals surface area contributed by atoms with E-state index in [1.54, 1.807) is 28.6 Å². The molecule has 2 aromatic carbocycles. The van der Waals surface area contributed by atoms with Crippen molar-refractivity contribution < 1.29 is 9.47 Å². The molecule has 3 rings (SSSR count). The summed E-state index contributed by atoms with van der Waals surface area (Å²) in [5.74, 6) is 1.46. The first-order valence-corrected chi connectivity index (χ1v) is 9.57. The topological polar surface area (TPSA) is 57.3 Å². The van der Waals surface area contributed by atoms with Crippen LogP contribution in [0.5, 0.6) is 11.5 Å². The van der Waals surface area contributed by atoms with Gasteiger partial charge in [0.1, 0.15) is 0 Å². The van der Waals surface area contributed by atoms with Gasteiger partial charge in [-0.3, -0.25) is 4.90 Å². The Balaban J connectivity index is 1.72. The van der Waals surface area contributed by atoms with E-state index in [1.165, 1.54) is 0 Å². The summed E-state index contributed by atoms with van der Waals surface area (Å²) in [6.45, 7) is 3.72. The summed E-state index contributed by atoms with van der Waals surface area (Å²) in [6.07, 6.45) is 0. The number of methoxy groups -OCH3 is 1. The molecule has 0 N–H and O–H groups in total. The Morgan fingerprint density at radius 1 is 1.14 bits per heavy atom. The number of hydrogen-bond acceptors (Lipinski definition) is 6. The van der Waals surface area contributed by atoms with Crippen molar-refractivity contribution in [3.63, 3.8) is 0 Å². The molecule has 0 atom stereocenters. The molecule has 9 heteroatoms. The normalized spacial score (nSPS) is 11.0. The molecular weight excluding hydrogens is 398 g/mol. The van der Waals surface area contributed by atoms with Crippen molar-refractivity contribution in [2.75, 3.05) is 20.8 Å². The van der Waals surface area contributed by atoms with Gasteiger partial charge in [-0.1, -0.05) is 23.7 Å². The molecule has 3 aromatic rings. The molecule has 1 heterocycles. The van der Waals surface area contributed by atoms with Gasteiger partial charge in [-0.05, 0) is 72.5 Å². The standard InChI is InChI=1S/C19H22ClN5O2S/c1-4-27-17-9-8-14(10-18(17)26-3)12-23(2)13-24-19(28)25(22-21-24)16-7-5-6-15(20)11-16/h5-11H,4,12-13H2,1-3H3. The van der Waals surface area contributed by atoms with Gasteiger partial charge in [0.05, 0.1) is 26.1 Å². The van der Waals surface area contributed by atoms with E-state index in [-0.39, 0.29) is 0 Å². The van der Waals surface area contributed by atoms with Crippen molar-refractivity contribution >= 4 is 23.8 Å². The summed E-state index contributed by atoms with van der Waals surface area (Å²) >= 11 is 11.6. The average molecular weight is 420 g/mol. The summed E-state index contributed by atoms with van der Waals surface area (Å²) < 4.78 is 14.7. The summed E-state index contributed by atoms with van der Waals surface area (Å²) in [4.78, 5) is 2.09. The quantitative estimate of drug-likeness (QED) is 0.515. The average Bonchev–Trinajstić information content (AvgIpc) is 3.03. The number of halogens is 1. The van der Waals surface area contributed by atoms with Gasteiger partial charge in [0.2, 0.25) is 4.77 Å². The van der Waals surface area contributed by atoms with Crippen molar-refractivity contribution in [3.05, 3.63) is 57.8 Å². The van der Waals surface area contributed by atoms with Crippen LogP contribution in [0, 0.1) is 4.77 Å². The molecule has 0 radical (unpaired) electrons. The second-order valence-corrected chi connectivity index (χ2v) is 7.03. The number of hydrogen-bond donors (Lipinski definition) is 0. The van der Waals surface area contributed by atoms with E-state index < -0.39 is 0 Å². The fraction of sp³-hybridized carbons (Fsp3) is 0.316. The maximum Gasteiger partial charge on any atom is 0.221 e. The molecule has 0 amide bonds. The maximum atomic E-state index is 6.05. The number of tetrazole rings is 1. The second-order valence-electron chi connectivity index (χ2n) is 6.23. The van der Waals surface area contributed by atoms with E-state index in [2.05, 4.69) is 15.3 Å². The van der Waals surface area contributed by atoms with Crippen LogP contribution in [0.4, 0.5) is 0 Å². The summed E-state index contributed by atoms with van der Waals surface area (Å²) in [6, 6.07) is 13.3. The van der Waals surface area contributed by atoms with Crippen LogP contribution >= 0.6 is 23.8 Å². The minimum Gasteiger partial charge on any atom is -0.493 e. The van der Waals surface area contributed by atoms with Crippen molar-refractivity contribution in [2.45, 2.75) is 20.1 Å². The lowest BCUT2D eigenvalue weighted by Crippen LogP contribution is -2.22. The first-order valence-electron chi connectivity index (χ1n) is 8.79. The van der Waals surface area contributed by atoms with Gasteiger partial charge in [-0.2, -0.15) is 4.68 Å². The molecule has 0 aliphatic carbocycles. The largest absolute Gasteiger partial charge is 0.493 e. The molecule has 0 saturated carbocycles. The Labute approximate surface area is 174 Å². The van der Waals surface area contributed by atoms with Crippen LogP contribution in [-0.2, 0) is 13.2 Å². The van der Waals surface area contributed by atoms with Crippen LogP contribution in [-0.4, -0.2) is 45.5 Å². The third-order valence-electron chi connectivity index (χ3n) is 4.05. The monoisotopic (exact) mass is 419 g/mol. The smallest absolute Gasteiger partial charge is 0.221 e. The van der Waals surface area contributed by atoms with E-state index >= 15 is 0 Å². The Morgan fingerprint density at radius 2 is 1.96 bits per heavy atom. The zero-order chi connectivity index (χ0) is 20.1. The Kier molecular flexibility index (Phi) is 6.66. The molecule has 148 valence electrons. The highest BCUT2D eigenvalue weighted by atomic mass is 35.5. The summed E-state index contributed by atoms with van der Waals surface area (Å²) in [7, 11) is 3.63. The molecule has 0 unspecified atom stereocenters. The Bertz CT molecular complexity index is 1000. The molecule has 0 aliphatic heterocycles. The lowest BCUT2D eigenvalue weighted by molar-refractivity contribution is 0.241. The third kappa shape index (κ3) is 4.70. The predicted octanol–water partition coefficient (Wildman–Crippen LogP) is 3.95.